The molecule has 0 saturated heterocycles. The van der Waals surface area contributed by atoms with E-state index in [2.05, 4.69) is 44.7 Å². The SMILES string of the molecule is c1ccc2[nH]c(CCc3cn[nH]n3)cc2c1. The fourth-order valence-electron chi connectivity index (χ4n) is 1.88. The Morgan fingerprint density at radius 1 is 1.12 bits per heavy atom. The summed E-state index contributed by atoms with van der Waals surface area (Å²) in [7, 11) is 0. The van der Waals surface area contributed by atoms with Gasteiger partial charge in [-0.1, -0.05) is 18.2 Å². The summed E-state index contributed by atoms with van der Waals surface area (Å²) < 4.78 is 0. The predicted octanol–water partition coefficient (Wildman–Crippen LogP) is 2.07. The molecule has 4 nitrogen and oxygen atoms in total. The lowest BCUT2D eigenvalue weighted by Gasteiger charge is -1.93. The molecule has 3 aromatic rings. The maximum atomic E-state index is 4.04. The standard InChI is InChI=1S/C12H12N4/c1-2-4-12-9(3-1)7-10(14-12)5-6-11-8-13-16-15-11/h1-4,7-8,14H,5-6H2,(H,13,15,16). The number of H-pyrrole nitrogens is 2. The van der Waals surface area contributed by atoms with E-state index in [0.29, 0.717) is 0 Å². The second kappa shape index (κ2) is 3.81. The van der Waals surface area contributed by atoms with Crippen LogP contribution in [0.1, 0.15) is 11.4 Å². The van der Waals surface area contributed by atoms with Gasteiger partial charge in [-0.3, -0.25) is 0 Å². The van der Waals surface area contributed by atoms with E-state index in [4.69, 9.17) is 0 Å². The van der Waals surface area contributed by atoms with Gasteiger partial charge in [0.1, 0.15) is 0 Å². The van der Waals surface area contributed by atoms with Gasteiger partial charge in [0.05, 0.1) is 11.9 Å². The molecule has 0 fully saturated rings. The number of nitrogens with one attached hydrogen (secondary N) is 2. The van der Waals surface area contributed by atoms with Crippen LogP contribution in [-0.4, -0.2) is 20.4 Å². The largest absolute Gasteiger partial charge is 0.358 e. The van der Waals surface area contributed by atoms with E-state index < -0.39 is 0 Å². The van der Waals surface area contributed by atoms with Crippen molar-refractivity contribution in [1.82, 2.24) is 20.4 Å². The zero-order valence-corrected chi connectivity index (χ0v) is 8.77. The van der Waals surface area contributed by atoms with Gasteiger partial charge in [0.25, 0.3) is 0 Å². The first-order valence-electron chi connectivity index (χ1n) is 5.33. The van der Waals surface area contributed by atoms with Crippen LogP contribution in [0.5, 0.6) is 0 Å². The van der Waals surface area contributed by atoms with Crippen molar-refractivity contribution in [3.05, 3.63) is 47.9 Å². The maximum Gasteiger partial charge on any atom is 0.0828 e. The molecule has 0 radical (unpaired) electrons. The molecule has 3 rings (SSSR count). The van der Waals surface area contributed by atoms with Gasteiger partial charge < -0.3 is 4.98 Å². The van der Waals surface area contributed by atoms with E-state index in [-0.39, 0.29) is 0 Å². The van der Waals surface area contributed by atoms with E-state index in [0.717, 1.165) is 18.5 Å². The Morgan fingerprint density at radius 3 is 2.88 bits per heavy atom. The Kier molecular flexibility index (Phi) is 2.18. The van der Waals surface area contributed by atoms with E-state index >= 15 is 0 Å². The lowest BCUT2D eigenvalue weighted by atomic mass is 10.2. The second-order valence-electron chi connectivity index (χ2n) is 3.84. The normalized spacial score (nSPS) is 11.0. The summed E-state index contributed by atoms with van der Waals surface area (Å²) in [6, 6.07) is 10.5. The molecule has 16 heavy (non-hydrogen) atoms. The van der Waals surface area contributed by atoms with Gasteiger partial charge in [-0.2, -0.15) is 15.4 Å². The Balaban J connectivity index is 1.79. The maximum absolute atomic E-state index is 4.04. The topological polar surface area (TPSA) is 57.4 Å². The number of hydrogen-bond donors (Lipinski definition) is 2. The van der Waals surface area contributed by atoms with E-state index in [1.807, 2.05) is 6.07 Å². The first kappa shape index (κ1) is 9.15. The highest BCUT2D eigenvalue weighted by Gasteiger charge is 2.01. The molecule has 4 heteroatoms. The van der Waals surface area contributed by atoms with Crippen LogP contribution in [0, 0.1) is 0 Å². The number of nitrogens with zero attached hydrogens (tertiary/aromatic N) is 2. The molecule has 0 aliphatic heterocycles. The average molecular weight is 212 g/mol. The summed E-state index contributed by atoms with van der Waals surface area (Å²) in [6.07, 6.45) is 3.63. The van der Waals surface area contributed by atoms with Gasteiger partial charge in [-0.05, 0) is 30.4 Å². The summed E-state index contributed by atoms with van der Waals surface area (Å²) in [4.78, 5) is 3.40. The summed E-state index contributed by atoms with van der Waals surface area (Å²) in [5.41, 5.74) is 3.43. The number of fused-ring (bicyclic) bond motifs is 1. The van der Waals surface area contributed by atoms with Crippen LogP contribution in [0.4, 0.5) is 0 Å². The lowest BCUT2D eigenvalue weighted by molar-refractivity contribution is 0.860. The highest BCUT2D eigenvalue weighted by atomic mass is 15.3. The van der Waals surface area contributed by atoms with Crippen LogP contribution in [0.2, 0.25) is 0 Å². The molecule has 0 aliphatic rings. The van der Waals surface area contributed by atoms with E-state index in [9.17, 15) is 0 Å². The molecule has 0 atom stereocenters. The Morgan fingerprint density at radius 2 is 2.06 bits per heavy atom. The zero-order valence-electron chi connectivity index (χ0n) is 8.77. The fraction of sp³-hybridized carbons (Fsp3) is 0.167. The quantitative estimate of drug-likeness (QED) is 0.698. The molecule has 0 unspecified atom stereocenters. The van der Waals surface area contributed by atoms with E-state index in [1.54, 1.807) is 6.20 Å². The molecule has 0 saturated carbocycles. The van der Waals surface area contributed by atoms with Crippen LogP contribution in [0.25, 0.3) is 10.9 Å². The van der Waals surface area contributed by atoms with Crippen LogP contribution in [-0.2, 0) is 12.8 Å². The number of aryl methyl sites for hydroxylation is 2. The van der Waals surface area contributed by atoms with Gasteiger partial charge in [0.15, 0.2) is 0 Å². The molecular formula is C12H12N4. The molecule has 1 aromatic carbocycles. The molecule has 2 aromatic heterocycles. The molecule has 0 spiro atoms. The number of benzene rings is 1. The van der Waals surface area contributed by atoms with Crippen molar-refractivity contribution in [1.29, 1.82) is 0 Å². The third-order valence-electron chi connectivity index (χ3n) is 2.70. The molecule has 80 valence electrons. The number of aromatic amines is 2. The smallest absolute Gasteiger partial charge is 0.0828 e. The molecule has 0 bridgehead atoms. The highest BCUT2D eigenvalue weighted by molar-refractivity contribution is 5.80. The first-order valence-corrected chi connectivity index (χ1v) is 5.33. The monoisotopic (exact) mass is 212 g/mol. The van der Waals surface area contributed by atoms with Gasteiger partial charge in [-0.25, -0.2) is 0 Å². The Hall–Kier alpha value is -2.10. The van der Waals surface area contributed by atoms with Crippen molar-refractivity contribution in [2.24, 2.45) is 0 Å². The third kappa shape index (κ3) is 1.69. The van der Waals surface area contributed by atoms with Crippen molar-refractivity contribution in [2.75, 3.05) is 0 Å². The minimum Gasteiger partial charge on any atom is -0.358 e. The van der Waals surface area contributed by atoms with Gasteiger partial charge in [0.2, 0.25) is 0 Å². The van der Waals surface area contributed by atoms with Gasteiger partial charge in [0, 0.05) is 11.2 Å². The van der Waals surface area contributed by atoms with Crippen LogP contribution >= 0.6 is 0 Å². The zero-order chi connectivity index (χ0) is 10.8. The summed E-state index contributed by atoms with van der Waals surface area (Å²) >= 11 is 0. The van der Waals surface area contributed by atoms with Crippen LogP contribution in [0.3, 0.4) is 0 Å². The number of hydrogen-bond acceptors (Lipinski definition) is 2. The molecule has 2 heterocycles. The lowest BCUT2D eigenvalue weighted by Crippen LogP contribution is -1.91. The van der Waals surface area contributed by atoms with Crippen molar-refractivity contribution in [3.63, 3.8) is 0 Å². The Labute approximate surface area is 92.7 Å². The van der Waals surface area contributed by atoms with Crippen molar-refractivity contribution in [3.8, 4) is 0 Å². The summed E-state index contributed by atoms with van der Waals surface area (Å²) in [6.45, 7) is 0. The third-order valence-corrected chi connectivity index (χ3v) is 2.70. The van der Waals surface area contributed by atoms with Gasteiger partial charge >= 0.3 is 0 Å². The average Bonchev–Trinajstić information content (AvgIpc) is 2.95. The summed E-state index contributed by atoms with van der Waals surface area (Å²) in [5.74, 6) is 0. The number of rotatable bonds is 3. The minimum absolute atomic E-state index is 0.906. The van der Waals surface area contributed by atoms with Crippen molar-refractivity contribution >= 4 is 10.9 Å². The summed E-state index contributed by atoms with van der Waals surface area (Å²) in [5, 5.41) is 11.7. The molecule has 0 aliphatic carbocycles. The Bertz CT molecular complexity index is 547. The van der Waals surface area contributed by atoms with E-state index in [1.165, 1.54) is 16.6 Å². The first-order chi connectivity index (χ1) is 7.92. The van der Waals surface area contributed by atoms with Crippen LogP contribution < -0.4 is 0 Å². The number of para-hydroxylation sites is 1. The second-order valence-corrected chi connectivity index (χ2v) is 3.84. The van der Waals surface area contributed by atoms with Gasteiger partial charge in [-0.15, -0.1) is 0 Å². The fourth-order valence-corrected chi connectivity index (χ4v) is 1.88. The van der Waals surface area contributed by atoms with Crippen molar-refractivity contribution < 1.29 is 0 Å². The molecular weight excluding hydrogens is 200 g/mol. The predicted molar refractivity (Wildman–Crippen MR) is 62.1 cm³/mol. The van der Waals surface area contributed by atoms with Crippen molar-refractivity contribution in [2.45, 2.75) is 12.8 Å². The highest BCUT2D eigenvalue weighted by Crippen LogP contribution is 2.15. The molecule has 0 amide bonds. The number of aromatic nitrogens is 4. The van der Waals surface area contributed by atoms with Crippen LogP contribution in [0.15, 0.2) is 36.5 Å². The minimum atomic E-state index is 0.906. The molecule has 2 N–H and O–H groups in total.